The van der Waals surface area contributed by atoms with Crippen LogP contribution in [-0.4, -0.2) is 16.7 Å². The van der Waals surface area contributed by atoms with Gasteiger partial charge in [0.1, 0.15) is 0 Å². The number of benzene rings is 2. The highest BCUT2D eigenvalue weighted by Gasteiger charge is 2.31. The molecule has 1 aliphatic rings. The maximum Gasteiger partial charge on any atom is 0.269 e. The van der Waals surface area contributed by atoms with Crippen molar-refractivity contribution in [3.05, 3.63) is 69.8 Å². The second-order valence-corrected chi connectivity index (χ2v) is 4.64. The van der Waals surface area contributed by atoms with E-state index in [-0.39, 0.29) is 18.0 Å². The van der Waals surface area contributed by atoms with Crippen LogP contribution in [0.15, 0.2) is 48.5 Å². The maximum atomic E-state index is 12.4. The molecule has 2 aromatic carbocycles. The fraction of sp³-hybridized carbons (Fsp3) is 0.0667. The van der Waals surface area contributed by atoms with E-state index in [2.05, 4.69) is 0 Å². The first-order chi connectivity index (χ1) is 10.1. The number of hydrogen-bond donors (Lipinski definition) is 0. The molecule has 6 nitrogen and oxygen atoms in total. The van der Waals surface area contributed by atoms with Crippen molar-refractivity contribution in [3.8, 4) is 0 Å². The lowest BCUT2D eigenvalue weighted by molar-refractivity contribution is -0.384. The molecule has 0 spiro atoms. The maximum absolute atomic E-state index is 12.4. The monoisotopic (exact) mass is 282 g/mol. The van der Waals surface area contributed by atoms with Crippen LogP contribution < -0.4 is 4.90 Å². The first kappa shape index (κ1) is 13.0. The molecular formula is C15H10N2O4. The standard InChI is InChI=1S/C15H10N2O4/c18-14-9-10-3-1-2-4-13(10)15(19)16(14)11-5-7-12(8-6-11)17(20)21/h1-8H,9H2. The Bertz CT molecular complexity index is 753. The highest BCUT2D eigenvalue weighted by Crippen LogP contribution is 2.26. The predicted molar refractivity (Wildman–Crippen MR) is 75.1 cm³/mol. The molecule has 0 unspecified atom stereocenters. The minimum absolute atomic E-state index is 0.0870. The van der Waals surface area contributed by atoms with E-state index >= 15 is 0 Å². The van der Waals surface area contributed by atoms with Gasteiger partial charge in [-0.1, -0.05) is 18.2 Å². The number of carbonyl (C=O) groups is 2. The Morgan fingerprint density at radius 1 is 1.00 bits per heavy atom. The van der Waals surface area contributed by atoms with E-state index in [1.807, 2.05) is 0 Å². The minimum atomic E-state index is -0.529. The molecular weight excluding hydrogens is 272 g/mol. The van der Waals surface area contributed by atoms with Crippen molar-refractivity contribution >= 4 is 23.2 Å². The van der Waals surface area contributed by atoms with Crippen molar-refractivity contribution in [1.82, 2.24) is 0 Å². The van der Waals surface area contributed by atoms with Crippen LogP contribution in [0.1, 0.15) is 15.9 Å². The zero-order valence-electron chi connectivity index (χ0n) is 10.9. The number of rotatable bonds is 2. The number of amides is 2. The zero-order chi connectivity index (χ0) is 15.0. The number of carbonyl (C=O) groups excluding carboxylic acids is 2. The summed E-state index contributed by atoms with van der Waals surface area (Å²) in [5.41, 5.74) is 1.43. The number of nitrogens with zero attached hydrogens (tertiary/aromatic N) is 2. The van der Waals surface area contributed by atoms with Crippen molar-refractivity contribution in [1.29, 1.82) is 0 Å². The molecule has 0 atom stereocenters. The summed E-state index contributed by atoms with van der Waals surface area (Å²) in [6.45, 7) is 0. The normalized spacial score (nSPS) is 14.0. The van der Waals surface area contributed by atoms with Gasteiger partial charge in [-0.05, 0) is 23.8 Å². The lowest BCUT2D eigenvalue weighted by Gasteiger charge is -2.26. The smallest absolute Gasteiger partial charge is 0.269 e. The van der Waals surface area contributed by atoms with Gasteiger partial charge in [0.2, 0.25) is 5.91 Å². The third-order valence-corrected chi connectivity index (χ3v) is 3.36. The van der Waals surface area contributed by atoms with E-state index in [1.165, 1.54) is 24.3 Å². The molecule has 0 N–H and O–H groups in total. The summed E-state index contributed by atoms with van der Waals surface area (Å²) in [6.07, 6.45) is 0.138. The molecule has 1 aliphatic heterocycles. The van der Waals surface area contributed by atoms with Gasteiger partial charge in [-0.2, -0.15) is 0 Å². The molecule has 1 heterocycles. The van der Waals surface area contributed by atoms with Crippen LogP contribution in [0, 0.1) is 10.1 Å². The number of imide groups is 1. The summed E-state index contributed by atoms with van der Waals surface area (Å²) in [4.78, 5) is 35.7. The van der Waals surface area contributed by atoms with Gasteiger partial charge in [0.25, 0.3) is 11.6 Å². The summed E-state index contributed by atoms with van der Waals surface area (Å²) in [5, 5.41) is 10.6. The van der Waals surface area contributed by atoms with Crippen LogP contribution in [0.5, 0.6) is 0 Å². The number of fused-ring (bicyclic) bond motifs is 1. The van der Waals surface area contributed by atoms with Crippen LogP contribution in [0.25, 0.3) is 0 Å². The zero-order valence-corrected chi connectivity index (χ0v) is 10.9. The number of nitro groups is 1. The van der Waals surface area contributed by atoms with Gasteiger partial charge < -0.3 is 0 Å². The predicted octanol–water partition coefficient (Wildman–Crippen LogP) is 2.32. The molecule has 21 heavy (non-hydrogen) atoms. The summed E-state index contributed by atoms with van der Waals surface area (Å²) in [5.74, 6) is -0.747. The summed E-state index contributed by atoms with van der Waals surface area (Å²) >= 11 is 0. The van der Waals surface area contributed by atoms with Gasteiger partial charge in [-0.3, -0.25) is 19.7 Å². The van der Waals surface area contributed by atoms with Gasteiger partial charge in [-0.15, -0.1) is 0 Å². The van der Waals surface area contributed by atoms with Crippen molar-refractivity contribution in [2.45, 2.75) is 6.42 Å². The topological polar surface area (TPSA) is 80.5 Å². The van der Waals surface area contributed by atoms with E-state index in [0.29, 0.717) is 16.8 Å². The van der Waals surface area contributed by atoms with E-state index in [9.17, 15) is 19.7 Å². The molecule has 2 amide bonds. The van der Waals surface area contributed by atoms with E-state index < -0.39 is 10.8 Å². The lowest BCUT2D eigenvalue weighted by Crippen LogP contribution is -2.42. The Kier molecular flexibility index (Phi) is 2.98. The minimum Gasteiger partial charge on any atom is -0.274 e. The molecule has 0 radical (unpaired) electrons. The van der Waals surface area contributed by atoms with Gasteiger partial charge in [0.05, 0.1) is 17.0 Å². The Morgan fingerprint density at radius 2 is 1.67 bits per heavy atom. The van der Waals surface area contributed by atoms with Crippen molar-refractivity contribution in [2.75, 3.05) is 4.90 Å². The van der Waals surface area contributed by atoms with Gasteiger partial charge in [0.15, 0.2) is 0 Å². The molecule has 0 aromatic heterocycles. The molecule has 3 rings (SSSR count). The third-order valence-electron chi connectivity index (χ3n) is 3.36. The third kappa shape index (κ3) is 2.16. The first-order valence-electron chi connectivity index (χ1n) is 6.27. The molecule has 2 aromatic rings. The fourth-order valence-electron chi connectivity index (χ4n) is 2.34. The molecule has 104 valence electrons. The fourth-order valence-corrected chi connectivity index (χ4v) is 2.34. The molecule has 0 saturated heterocycles. The van der Waals surface area contributed by atoms with E-state index in [4.69, 9.17) is 0 Å². The number of hydrogen-bond acceptors (Lipinski definition) is 4. The Labute approximate surface area is 119 Å². The van der Waals surface area contributed by atoms with Crippen LogP contribution in [0.3, 0.4) is 0 Å². The van der Waals surface area contributed by atoms with E-state index in [0.717, 1.165) is 4.90 Å². The molecule has 0 fully saturated rings. The van der Waals surface area contributed by atoms with Crippen molar-refractivity contribution < 1.29 is 14.5 Å². The van der Waals surface area contributed by atoms with Gasteiger partial charge in [0, 0.05) is 17.7 Å². The molecule has 0 aliphatic carbocycles. The Balaban J connectivity index is 2.01. The highest BCUT2D eigenvalue weighted by atomic mass is 16.6. The van der Waals surface area contributed by atoms with Crippen LogP contribution >= 0.6 is 0 Å². The van der Waals surface area contributed by atoms with Crippen LogP contribution in [-0.2, 0) is 11.2 Å². The SMILES string of the molecule is O=C1Cc2ccccc2C(=O)N1c1ccc([N+](=O)[O-])cc1. The Morgan fingerprint density at radius 3 is 2.33 bits per heavy atom. The summed E-state index contributed by atoms with van der Waals surface area (Å²) in [7, 11) is 0. The Hall–Kier alpha value is -3.02. The van der Waals surface area contributed by atoms with Gasteiger partial charge >= 0.3 is 0 Å². The van der Waals surface area contributed by atoms with Crippen LogP contribution in [0.2, 0.25) is 0 Å². The summed E-state index contributed by atoms with van der Waals surface area (Å²) < 4.78 is 0. The first-order valence-corrected chi connectivity index (χ1v) is 6.27. The molecule has 0 saturated carbocycles. The largest absolute Gasteiger partial charge is 0.274 e. The second kappa shape index (κ2) is 4.82. The van der Waals surface area contributed by atoms with E-state index in [1.54, 1.807) is 24.3 Å². The number of nitro benzene ring substituents is 1. The molecule has 6 heteroatoms. The second-order valence-electron chi connectivity index (χ2n) is 4.64. The average molecular weight is 282 g/mol. The van der Waals surface area contributed by atoms with Crippen molar-refractivity contribution in [3.63, 3.8) is 0 Å². The van der Waals surface area contributed by atoms with Crippen LogP contribution in [0.4, 0.5) is 11.4 Å². The summed E-state index contributed by atoms with van der Waals surface area (Å²) in [6, 6.07) is 12.3. The number of anilines is 1. The molecule has 0 bridgehead atoms. The lowest BCUT2D eigenvalue weighted by atomic mass is 9.98. The van der Waals surface area contributed by atoms with Gasteiger partial charge in [-0.25, -0.2) is 4.90 Å². The van der Waals surface area contributed by atoms with Crippen molar-refractivity contribution in [2.24, 2.45) is 0 Å². The number of non-ortho nitro benzene ring substituents is 1. The average Bonchev–Trinajstić information content (AvgIpc) is 2.48. The highest BCUT2D eigenvalue weighted by molar-refractivity contribution is 6.24. The quantitative estimate of drug-likeness (QED) is 0.481.